The summed E-state index contributed by atoms with van der Waals surface area (Å²) < 4.78 is 5.38. The molecular formula is C21H21N3O2S. The topological polar surface area (TPSA) is 54.5 Å². The van der Waals surface area contributed by atoms with E-state index >= 15 is 0 Å². The third-order valence-corrected chi connectivity index (χ3v) is 5.35. The van der Waals surface area contributed by atoms with Gasteiger partial charge in [0.05, 0.1) is 19.6 Å². The zero-order valence-electron chi connectivity index (χ0n) is 14.9. The quantitative estimate of drug-likeness (QED) is 0.732. The van der Waals surface area contributed by atoms with Crippen molar-refractivity contribution in [2.24, 2.45) is 0 Å². The fraction of sp³-hybridized carbons (Fsp3) is 0.238. The highest BCUT2D eigenvalue weighted by molar-refractivity contribution is 7.13. The van der Waals surface area contributed by atoms with Crippen LogP contribution in [-0.4, -0.2) is 37.2 Å². The van der Waals surface area contributed by atoms with E-state index in [0.717, 1.165) is 48.1 Å². The molecule has 0 radical (unpaired) electrons. The summed E-state index contributed by atoms with van der Waals surface area (Å²) in [7, 11) is 0. The first-order valence-corrected chi connectivity index (χ1v) is 9.87. The van der Waals surface area contributed by atoms with Crippen molar-refractivity contribution in [1.82, 2.24) is 4.98 Å². The molecule has 1 aliphatic heterocycles. The van der Waals surface area contributed by atoms with Gasteiger partial charge in [-0.05, 0) is 42.0 Å². The molecule has 2 aromatic carbocycles. The molecule has 0 bridgehead atoms. The van der Waals surface area contributed by atoms with E-state index in [0.29, 0.717) is 6.42 Å². The lowest BCUT2D eigenvalue weighted by Gasteiger charge is -2.28. The highest BCUT2D eigenvalue weighted by Crippen LogP contribution is 2.23. The van der Waals surface area contributed by atoms with Gasteiger partial charge in [-0.1, -0.05) is 12.1 Å². The van der Waals surface area contributed by atoms with E-state index in [-0.39, 0.29) is 5.91 Å². The molecule has 138 valence electrons. The molecule has 0 unspecified atom stereocenters. The predicted molar refractivity (Wildman–Crippen MR) is 109 cm³/mol. The maximum atomic E-state index is 12.3. The first-order valence-electron chi connectivity index (χ1n) is 8.99. The summed E-state index contributed by atoms with van der Waals surface area (Å²) >= 11 is 1.60. The summed E-state index contributed by atoms with van der Waals surface area (Å²) in [6, 6.07) is 16.0. The van der Waals surface area contributed by atoms with Crippen molar-refractivity contribution >= 4 is 28.6 Å². The predicted octanol–water partition coefficient (Wildman–Crippen LogP) is 3.83. The number of ether oxygens (including phenoxy) is 1. The third-order valence-electron chi connectivity index (χ3n) is 4.53. The number of thiazole rings is 1. The lowest BCUT2D eigenvalue weighted by atomic mass is 10.1. The third kappa shape index (κ3) is 4.53. The van der Waals surface area contributed by atoms with Crippen molar-refractivity contribution in [1.29, 1.82) is 0 Å². The molecule has 1 fully saturated rings. The van der Waals surface area contributed by atoms with E-state index in [1.165, 1.54) is 5.69 Å². The number of anilines is 2. The van der Waals surface area contributed by atoms with Crippen LogP contribution in [0.4, 0.5) is 11.4 Å². The number of benzene rings is 2. The van der Waals surface area contributed by atoms with Gasteiger partial charge in [-0.15, -0.1) is 11.3 Å². The first-order chi connectivity index (χ1) is 13.3. The number of hydrogen-bond donors (Lipinski definition) is 1. The van der Waals surface area contributed by atoms with Crippen LogP contribution in [0.15, 0.2) is 60.1 Å². The number of carbonyl (C=O) groups excluding carboxylic acids is 1. The van der Waals surface area contributed by atoms with E-state index in [1.807, 2.05) is 41.8 Å². The molecule has 0 spiro atoms. The summed E-state index contributed by atoms with van der Waals surface area (Å²) in [4.78, 5) is 18.9. The van der Waals surface area contributed by atoms with Crippen LogP contribution >= 0.6 is 11.3 Å². The molecule has 1 N–H and O–H groups in total. The van der Waals surface area contributed by atoms with Crippen molar-refractivity contribution in [3.63, 3.8) is 0 Å². The number of amides is 1. The van der Waals surface area contributed by atoms with Crippen LogP contribution in [-0.2, 0) is 16.0 Å². The van der Waals surface area contributed by atoms with Crippen molar-refractivity contribution in [3.8, 4) is 10.6 Å². The Morgan fingerprint density at radius 2 is 1.81 bits per heavy atom. The average Bonchev–Trinajstić information content (AvgIpc) is 3.25. The highest BCUT2D eigenvalue weighted by Gasteiger charge is 2.11. The fourth-order valence-electron chi connectivity index (χ4n) is 3.10. The molecule has 6 heteroatoms. The Hall–Kier alpha value is -2.70. The zero-order valence-corrected chi connectivity index (χ0v) is 15.7. The Morgan fingerprint density at radius 1 is 1.07 bits per heavy atom. The van der Waals surface area contributed by atoms with Crippen LogP contribution in [0.3, 0.4) is 0 Å². The summed E-state index contributed by atoms with van der Waals surface area (Å²) in [5, 5.41) is 5.89. The van der Waals surface area contributed by atoms with Crippen LogP contribution in [0.2, 0.25) is 0 Å². The number of hydrogen-bond acceptors (Lipinski definition) is 5. The summed E-state index contributed by atoms with van der Waals surface area (Å²) in [5.41, 5.74) is 4.04. The zero-order chi connectivity index (χ0) is 18.5. The minimum absolute atomic E-state index is 0.0175. The van der Waals surface area contributed by atoms with Gasteiger partial charge >= 0.3 is 0 Å². The van der Waals surface area contributed by atoms with Gasteiger partial charge < -0.3 is 15.0 Å². The summed E-state index contributed by atoms with van der Waals surface area (Å²) in [5.74, 6) is -0.0175. The van der Waals surface area contributed by atoms with Gasteiger partial charge in [0, 0.05) is 41.6 Å². The molecule has 1 aromatic heterocycles. The van der Waals surface area contributed by atoms with E-state index < -0.39 is 0 Å². The second-order valence-corrected chi connectivity index (χ2v) is 7.30. The second kappa shape index (κ2) is 8.33. The second-order valence-electron chi connectivity index (χ2n) is 6.41. The molecule has 2 heterocycles. The minimum Gasteiger partial charge on any atom is -0.378 e. The summed E-state index contributed by atoms with van der Waals surface area (Å²) in [6.45, 7) is 3.37. The Morgan fingerprint density at radius 3 is 2.48 bits per heavy atom. The standard InChI is InChI=1S/C21H21N3O2S/c25-20(23-18-5-3-17(4-6-18)21-22-9-14-27-21)15-16-1-7-19(8-2-16)24-10-12-26-13-11-24/h1-9,14H,10-13,15H2,(H,23,25). The van der Waals surface area contributed by atoms with Crippen LogP contribution < -0.4 is 10.2 Å². The van der Waals surface area contributed by atoms with Crippen LogP contribution in [0.1, 0.15) is 5.56 Å². The van der Waals surface area contributed by atoms with Crippen LogP contribution in [0, 0.1) is 0 Å². The Kier molecular flexibility index (Phi) is 5.46. The van der Waals surface area contributed by atoms with Crippen LogP contribution in [0.25, 0.3) is 10.6 Å². The molecule has 1 amide bonds. The van der Waals surface area contributed by atoms with E-state index in [9.17, 15) is 4.79 Å². The average molecular weight is 379 g/mol. The molecule has 4 rings (SSSR count). The molecule has 5 nitrogen and oxygen atoms in total. The SMILES string of the molecule is O=C(Cc1ccc(N2CCOCC2)cc1)Nc1ccc(-c2nccs2)cc1. The fourth-order valence-corrected chi connectivity index (χ4v) is 3.74. The first kappa shape index (κ1) is 17.7. The van der Waals surface area contributed by atoms with Crippen molar-refractivity contribution in [2.45, 2.75) is 6.42 Å². The monoisotopic (exact) mass is 379 g/mol. The number of morpholine rings is 1. The maximum absolute atomic E-state index is 12.3. The maximum Gasteiger partial charge on any atom is 0.228 e. The Bertz CT molecular complexity index is 871. The number of rotatable bonds is 5. The number of aromatic nitrogens is 1. The molecular weight excluding hydrogens is 358 g/mol. The van der Waals surface area contributed by atoms with Crippen LogP contribution in [0.5, 0.6) is 0 Å². The van der Waals surface area contributed by atoms with Crippen molar-refractivity contribution in [2.75, 3.05) is 36.5 Å². The Labute approximate surface area is 162 Å². The van der Waals surface area contributed by atoms with Gasteiger partial charge in [0.2, 0.25) is 5.91 Å². The van der Waals surface area contributed by atoms with E-state index in [1.54, 1.807) is 17.5 Å². The number of nitrogens with zero attached hydrogens (tertiary/aromatic N) is 2. The molecule has 1 saturated heterocycles. The largest absolute Gasteiger partial charge is 0.378 e. The molecule has 27 heavy (non-hydrogen) atoms. The number of carbonyl (C=O) groups is 1. The van der Waals surface area contributed by atoms with Gasteiger partial charge in [-0.3, -0.25) is 4.79 Å². The molecule has 3 aromatic rings. The molecule has 0 aliphatic carbocycles. The van der Waals surface area contributed by atoms with Gasteiger partial charge in [0.25, 0.3) is 0 Å². The van der Waals surface area contributed by atoms with Crippen molar-refractivity contribution in [3.05, 3.63) is 65.7 Å². The smallest absolute Gasteiger partial charge is 0.228 e. The van der Waals surface area contributed by atoms with Gasteiger partial charge in [0.1, 0.15) is 5.01 Å². The van der Waals surface area contributed by atoms with Gasteiger partial charge in [-0.2, -0.15) is 0 Å². The lowest BCUT2D eigenvalue weighted by molar-refractivity contribution is -0.115. The normalized spacial score (nSPS) is 14.1. The van der Waals surface area contributed by atoms with E-state index in [2.05, 4.69) is 27.3 Å². The van der Waals surface area contributed by atoms with E-state index in [4.69, 9.17) is 4.74 Å². The van der Waals surface area contributed by atoms with Gasteiger partial charge in [-0.25, -0.2) is 4.98 Å². The number of nitrogens with one attached hydrogen (secondary N) is 1. The molecule has 0 saturated carbocycles. The summed E-state index contributed by atoms with van der Waals surface area (Å²) in [6.07, 6.45) is 2.15. The molecule has 0 atom stereocenters. The Balaban J connectivity index is 1.33. The van der Waals surface area contributed by atoms with Crippen molar-refractivity contribution < 1.29 is 9.53 Å². The molecule has 1 aliphatic rings. The lowest BCUT2D eigenvalue weighted by Crippen LogP contribution is -2.36. The highest BCUT2D eigenvalue weighted by atomic mass is 32.1. The van der Waals surface area contributed by atoms with Gasteiger partial charge in [0.15, 0.2) is 0 Å². The minimum atomic E-state index is -0.0175.